The average Bonchev–Trinajstić information content (AvgIpc) is 3.40. The van der Waals surface area contributed by atoms with Gasteiger partial charge in [0, 0.05) is 31.6 Å². The lowest BCUT2D eigenvalue weighted by atomic mass is 9.78. The molecule has 42 heavy (non-hydrogen) atoms. The highest BCUT2D eigenvalue weighted by Crippen LogP contribution is 2.38. The Labute approximate surface area is 244 Å². The Hall–Kier alpha value is -4.27. The van der Waals surface area contributed by atoms with Crippen LogP contribution in [0.4, 0.5) is 4.39 Å². The van der Waals surface area contributed by atoms with Crippen molar-refractivity contribution in [1.82, 2.24) is 19.9 Å². The lowest BCUT2D eigenvalue weighted by Gasteiger charge is -2.31. The number of hydrogen-bond acceptors (Lipinski definition) is 5. The van der Waals surface area contributed by atoms with Crippen molar-refractivity contribution in [3.05, 3.63) is 87.7 Å². The number of ether oxygens (including phenoxy) is 1. The van der Waals surface area contributed by atoms with Crippen LogP contribution in [0.3, 0.4) is 0 Å². The van der Waals surface area contributed by atoms with Crippen LogP contribution < -0.4 is 4.74 Å². The van der Waals surface area contributed by atoms with Gasteiger partial charge in [-0.15, -0.1) is 5.10 Å². The summed E-state index contributed by atoms with van der Waals surface area (Å²) in [4.78, 5) is 27.4. The molecule has 0 spiro atoms. The molecule has 0 fully saturated rings. The molecule has 218 valence electrons. The number of carbonyl (C=O) groups is 2. The fourth-order valence-corrected chi connectivity index (χ4v) is 6.35. The number of nitrogens with zero attached hydrogens (tertiary/aromatic N) is 4. The van der Waals surface area contributed by atoms with Crippen molar-refractivity contribution >= 4 is 22.9 Å². The zero-order chi connectivity index (χ0) is 29.4. The second-order valence-electron chi connectivity index (χ2n) is 11.5. The summed E-state index contributed by atoms with van der Waals surface area (Å²) in [5.41, 5.74) is 6.46. The number of carbonyl (C=O) groups excluding carboxylic acids is 1. The summed E-state index contributed by atoms with van der Waals surface area (Å²) in [6, 6.07) is 14.5. The number of benzene rings is 3. The first kappa shape index (κ1) is 27.9. The smallest absolute Gasteiger partial charge is 0.307 e. The average molecular weight is 571 g/mol. The number of amides is 1. The summed E-state index contributed by atoms with van der Waals surface area (Å²) in [6.45, 7) is 5.71. The van der Waals surface area contributed by atoms with Gasteiger partial charge in [-0.1, -0.05) is 42.8 Å². The highest BCUT2D eigenvalue weighted by molar-refractivity contribution is 5.94. The van der Waals surface area contributed by atoms with E-state index in [1.807, 2.05) is 41.9 Å². The number of carboxylic acids is 1. The first-order chi connectivity index (χ1) is 20.3. The molecule has 3 aromatic carbocycles. The van der Waals surface area contributed by atoms with E-state index in [0.29, 0.717) is 31.9 Å². The normalized spacial score (nSPS) is 18.5. The topological polar surface area (TPSA) is 97.5 Å². The predicted octanol–water partition coefficient (Wildman–Crippen LogP) is 5.88. The van der Waals surface area contributed by atoms with Crippen LogP contribution in [-0.2, 0) is 24.3 Å². The van der Waals surface area contributed by atoms with E-state index in [4.69, 9.17) is 4.74 Å². The standard InChI is InChI=1S/C33H35FN4O4/c1-20-26-11-12-29-31(20)35-36-38(29)14-5-3-4-6-16-42-25-9-10-27(28(34)18-25)32(39)37-15-13-22-7-8-23(17-24(22)19-37)30(26)21(2)33(40)41/h7-12,17-18,21,30H,3-6,13-16,19H2,1-2H3,(H,40,41)/t21-,30-/m0/s1. The molecule has 5 aliphatic rings. The molecule has 0 saturated heterocycles. The molecule has 4 aromatic rings. The minimum absolute atomic E-state index is 0.0224. The fourth-order valence-electron chi connectivity index (χ4n) is 6.35. The van der Waals surface area contributed by atoms with E-state index >= 15 is 4.39 Å². The van der Waals surface area contributed by atoms with Gasteiger partial charge in [-0.25, -0.2) is 9.07 Å². The molecule has 0 aliphatic carbocycles. The van der Waals surface area contributed by atoms with E-state index in [2.05, 4.69) is 10.3 Å². The van der Waals surface area contributed by atoms with E-state index < -0.39 is 23.6 Å². The third-order valence-electron chi connectivity index (χ3n) is 8.80. The van der Waals surface area contributed by atoms with Crippen LogP contribution in [0.5, 0.6) is 5.75 Å². The van der Waals surface area contributed by atoms with Gasteiger partial charge in [0.1, 0.15) is 17.1 Å². The number of aromatic nitrogens is 3. The van der Waals surface area contributed by atoms with Crippen molar-refractivity contribution in [2.24, 2.45) is 5.92 Å². The van der Waals surface area contributed by atoms with E-state index in [1.165, 1.54) is 12.1 Å². The largest absolute Gasteiger partial charge is 0.493 e. The Morgan fingerprint density at radius 3 is 2.69 bits per heavy atom. The van der Waals surface area contributed by atoms with Crippen molar-refractivity contribution < 1.29 is 23.8 Å². The number of hydrogen-bond donors (Lipinski definition) is 1. The summed E-state index contributed by atoms with van der Waals surface area (Å²) in [5.74, 6) is -2.58. The monoisotopic (exact) mass is 570 g/mol. The summed E-state index contributed by atoms with van der Waals surface area (Å²) < 4.78 is 22.8. The number of rotatable bonds is 2. The van der Waals surface area contributed by atoms with Crippen LogP contribution in [0.2, 0.25) is 0 Å². The SMILES string of the molecule is Cc1c2ccc3c1nnn3CCCCCCOc1ccc(c(F)c1)C(=O)N1CCc3ccc(cc3C1)[C@@H]2[C@H](C)C(=O)O. The van der Waals surface area contributed by atoms with Crippen LogP contribution in [-0.4, -0.2) is 50.0 Å². The Bertz CT molecular complexity index is 1670. The van der Waals surface area contributed by atoms with E-state index in [1.54, 1.807) is 17.9 Å². The minimum Gasteiger partial charge on any atom is -0.493 e. The number of halogens is 1. The van der Waals surface area contributed by atoms with Gasteiger partial charge < -0.3 is 14.7 Å². The maximum Gasteiger partial charge on any atom is 0.307 e. The highest BCUT2D eigenvalue weighted by Gasteiger charge is 2.31. The maximum atomic E-state index is 15.1. The molecule has 1 N–H and O–H groups in total. The van der Waals surface area contributed by atoms with Gasteiger partial charge in [0.2, 0.25) is 0 Å². The lowest BCUT2D eigenvalue weighted by Crippen LogP contribution is -2.36. The fraction of sp³-hybridized carbons (Fsp3) is 0.394. The third kappa shape index (κ3) is 5.24. The molecule has 6 heterocycles. The molecule has 9 rings (SSSR count). The van der Waals surface area contributed by atoms with Crippen molar-refractivity contribution in [1.29, 1.82) is 0 Å². The highest BCUT2D eigenvalue weighted by atomic mass is 19.1. The lowest BCUT2D eigenvalue weighted by molar-refractivity contribution is -0.141. The second kappa shape index (κ2) is 11.5. The molecule has 1 aromatic heterocycles. The number of aliphatic carboxylic acids is 1. The molecule has 8 nitrogen and oxygen atoms in total. The molecule has 1 amide bonds. The summed E-state index contributed by atoms with van der Waals surface area (Å²) in [5, 5.41) is 19.0. The predicted molar refractivity (Wildman–Crippen MR) is 156 cm³/mol. The zero-order valence-corrected chi connectivity index (χ0v) is 24.0. The van der Waals surface area contributed by atoms with Gasteiger partial charge in [0.25, 0.3) is 5.91 Å². The number of aryl methyl sites for hydroxylation is 2. The van der Waals surface area contributed by atoms with E-state index in [9.17, 15) is 14.7 Å². The van der Waals surface area contributed by atoms with Crippen molar-refractivity contribution in [3.63, 3.8) is 0 Å². The van der Waals surface area contributed by atoms with E-state index in [-0.39, 0.29) is 11.5 Å². The van der Waals surface area contributed by atoms with E-state index in [0.717, 1.165) is 71.1 Å². The molecule has 9 heteroatoms. The van der Waals surface area contributed by atoms with Gasteiger partial charge in [-0.05, 0) is 78.6 Å². The van der Waals surface area contributed by atoms with Gasteiger partial charge in [0.05, 0.1) is 23.6 Å². The summed E-state index contributed by atoms with van der Waals surface area (Å²) >= 11 is 0. The van der Waals surface area contributed by atoms with Crippen molar-refractivity contribution in [2.45, 2.75) is 65.0 Å². The molecule has 2 atom stereocenters. The van der Waals surface area contributed by atoms with Gasteiger partial charge in [-0.2, -0.15) is 0 Å². The molecule has 0 unspecified atom stereocenters. The van der Waals surface area contributed by atoms with Crippen LogP contribution >= 0.6 is 0 Å². The second-order valence-corrected chi connectivity index (χ2v) is 11.5. The van der Waals surface area contributed by atoms with Crippen LogP contribution in [0, 0.1) is 18.7 Å². The molecular formula is C33H35FN4O4. The Kier molecular flexibility index (Phi) is 7.66. The molecule has 9 bridgehead atoms. The Morgan fingerprint density at radius 2 is 1.88 bits per heavy atom. The quantitative estimate of drug-likeness (QED) is 0.323. The molecule has 5 aliphatic heterocycles. The van der Waals surface area contributed by atoms with Crippen molar-refractivity contribution in [2.75, 3.05) is 13.2 Å². The van der Waals surface area contributed by atoms with Gasteiger partial charge >= 0.3 is 5.97 Å². The summed E-state index contributed by atoms with van der Waals surface area (Å²) in [6.07, 6.45) is 4.34. The Morgan fingerprint density at radius 1 is 1.05 bits per heavy atom. The molecule has 0 saturated carbocycles. The Balaban J connectivity index is 1.42. The van der Waals surface area contributed by atoms with Crippen molar-refractivity contribution in [3.8, 4) is 5.75 Å². The van der Waals surface area contributed by atoms with Crippen LogP contribution in [0.25, 0.3) is 11.0 Å². The molecule has 0 radical (unpaired) electrons. The first-order valence-electron chi connectivity index (χ1n) is 14.7. The minimum atomic E-state index is -0.891. The first-order valence-corrected chi connectivity index (χ1v) is 14.7. The van der Waals surface area contributed by atoms with Crippen LogP contribution in [0.15, 0.2) is 48.5 Å². The van der Waals surface area contributed by atoms with Gasteiger partial charge in [-0.3, -0.25) is 9.59 Å². The van der Waals surface area contributed by atoms with Gasteiger partial charge in [0.15, 0.2) is 0 Å². The third-order valence-corrected chi connectivity index (χ3v) is 8.80. The summed E-state index contributed by atoms with van der Waals surface area (Å²) in [7, 11) is 0. The zero-order valence-electron chi connectivity index (χ0n) is 24.0. The maximum absolute atomic E-state index is 15.1. The van der Waals surface area contributed by atoms with Crippen LogP contribution in [0.1, 0.15) is 76.7 Å². The number of carboxylic acid groups (broad SMARTS) is 1. The molecular weight excluding hydrogens is 535 g/mol.